The van der Waals surface area contributed by atoms with E-state index in [4.69, 9.17) is 21.7 Å². The summed E-state index contributed by atoms with van der Waals surface area (Å²) < 4.78 is 11.4. The van der Waals surface area contributed by atoms with Crippen LogP contribution >= 0.6 is 12.2 Å². The van der Waals surface area contributed by atoms with Crippen LogP contribution in [0, 0.1) is 16.0 Å². The van der Waals surface area contributed by atoms with Crippen LogP contribution in [0.4, 0.5) is 5.69 Å². The van der Waals surface area contributed by atoms with Crippen molar-refractivity contribution >= 4 is 23.0 Å². The number of fused-ring (bicyclic) bond motifs is 4. The third kappa shape index (κ3) is 2.42. The van der Waals surface area contributed by atoms with Crippen molar-refractivity contribution in [3.8, 4) is 5.75 Å². The van der Waals surface area contributed by atoms with Crippen LogP contribution in [0.1, 0.15) is 25.5 Å². The molecular formula is C15H19N3O4S. The van der Waals surface area contributed by atoms with Crippen LogP contribution in [-0.2, 0) is 4.74 Å². The molecule has 0 radical (unpaired) electrons. The van der Waals surface area contributed by atoms with Crippen LogP contribution in [0.15, 0.2) is 18.2 Å². The highest BCUT2D eigenvalue weighted by molar-refractivity contribution is 7.80. The maximum atomic E-state index is 11.0. The van der Waals surface area contributed by atoms with Gasteiger partial charge in [-0.2, -0.15) is 0 Å². The molecule has 1 aromatic rings. The van der Waals surface area contributed by atoms with E-state index in [2.05, 4.69) is 12.2 Å². The third-order valence-electron chi connectivity index (χ3n) is 4.78. The Morgan fingerprint density at radius 1 is 1.57 bits per heavy atom. The summed E-state index contributed by atoms with van der Waals surface area (Å²) in [6.45, 7) is 5.20. The van der Waals surface area contributed by atoms with Crippen LogP contribution in [0.3, 0.4) is 0 Å². The van der Waals surface area contributed by atoms with Gasteiger partial charge in [-0.25, -0.2) is 0 Å². The summed E-state index contributed by atoms with van der Waals surface area (Å²) in [6.07, 6.45) is 0. The second-order valence-electron chi connectivity index (χ2n) is 6.00. The average Bonchev–Trinajstić information content (AvgIpc) is 2.50. The zero-order valence-corrected chi connectivity index (χ0v) is 14.1. The molecule has 2 bridgehead atoms. The number of nitrogens with one attached hydrogen (secondary N) is 1. The lowest BCUT2D eigenvalue weighted by atomic mass is 9.81. The molecule has 0 spiro atoms. The van der Waals surface area contributed by atoms with Gasteiger partial charge in [0.15, 0.2) is 10.8 Å². The molecule has 8 heteroatoms. The van der Waals surface area contributed by atoms with Gasteiger partial charge in [0.05, 0.1) is 17.6 Å². The molecule has 7 nitrogen and oxygen atoms in total. The first-order valence-electron chi connectivity index (χ1n) is 7.43. The number of thiocarbonyl (C=S) groups is 1. The molecule has 2 aliphatic heterocycles. The lowest BCUT2D eigenvalue weighted by Gasteiger charge is -2.56. The minimum atomic E-state index is -0.616. The van der Waals surface area contributed by atoms with Crippen LogP contribution in [0.25, 0.3) is 0 Å². The number of methoxy groups -OCH3 is 1. The van der Waals surface area contributed by atoms with Gasteiger partial charge in [0.1, 0.15) is 5.75 Å². The first kappa shape index (κ1) is 15.9. The molecule has 1 saturated heterocycles. The first-order chi connectivity index (χ1) is 10.9. The van der Waals surface area contributed by atoms with Gasteiger partial charge in [0.2, 0.25) is 0 Å². The van der Waals surface area contributed by atoms with E-state index in [9.17, 15) is 10.1 Å². The number of nitro benzene ring substituents is 1. The number of benzene rings is 1. The monoisotopic (exact) mass is 337 g/mol. The number of ether oxygens (including phenoxy) is 2. The Hall–Kier alpha value is -1.93. The van der Waals surface area contributed by atoms with Crippen molar-refractivity contribution < 1.29 is 14.4 Å². The van der Waals surface area contributed by atoms with E-state index < -0.39 is 10.6 Å². The van der Waals surface area contributed by atoms with E-state index >= 15 is 0 Å². The van der Waals surface area contributed by atoms with Crippen molar-refractivity contribution in [1.82, 2.24) is 10.2 Å². The Kier molecular flexibility index (Phi) is 3.89. The van der Waals surface area contributed by atoms with Crippen LogP contribution < -0.4 is 10.1 Å². The summed E-state index contributed by atoms with van der Waals surface area (Å²) in [5.41, 5.74) is 0.213. The molecule has 0 unspecified atom stereocenters. The van der Waals surface area contributed by atoms with E-state index in [1.165, 1.54) is 6.07 Å². The standard InChI is InChI=1S/C15H19N3O4S/c1-9-13-11-8-10(18(19)20)4-5-12(11)22-15(9,2)17(6-7-21-3)14(23)16-13/h4-5,8-9,13H,6-7H2,1-3H3,(H,16,23)/t9-,13+,15+/m1/s1. The molecule has 0 amide bonds. The van der Waals surface area contributed by atoms with Gasteiger partial charge < -0.3 is 19.7 Å². The van der Waals surface area contributed by atoms with E-state index in [0.717, 1.165) is 5.56 Å². The molecule has 2 heterocycles. The molecule has 124 valence electrons. The molecule has 3 atom stereocenters. The second kappa shape index (κ2) is 5.61. The molecule has 1 fully saturated rings. The number of hydrogen-bond donors (Lipinski definition) is 1. The highest BCUT2D eigenvalue weighted by atomic mass is 32.1. The number of nitro groups is 1. The summed E-state index contributed by atoms with van der Waals surface area (Å²) >= 11 is 5.48. The summed E-state index contributed by atoms with van der Waals surface area (Å²) in [5, 5.41) is 14.9. The largest absolute Gasteiger partial charge is 0.467 e. The molecule has 1 aromatic carbocycles. The lowest BCUT2D eigenvalue weighted by molar-refractivity contribution is -0.385. The van der Waals surface area contributed by atoms with Gasteiger partial charge >= 0.3 is 0 Å². The maximum Gasteiger partial charge on any atom is 0.270 e. The number of nitrogens with zero attached hydrogens (tertiary/aromatic N) is 2. The van der Waals surface area contributed by atoms with Crippen LogP contribution in [0.2, 0.25) is 0 Å². The minimum Gasteiger partial charge on any atom is -0.467 e. The Bertz CT molecular complexity index is 668. The fourth-order valence-electron chi connectivity index (χ4n) is 3.30. The molecule has 1 N–H and O–H groups in total. The van der Waals surface area contributed by atoms with Gasteiger partial charge in [0, 0.05) is 37.3 Å². The first-order valence-corrected chi connectivity index (χ1v) is 7.83. The van der Waals surface area contributed by atoms with Gasteiger partial charge in [-0.15, -0.1) is 0 Å². The Morgan fingerprint density at radius 2 is 2.30 bits per heavy atom. The fraction of sp³-hybridized carbons (Fsp3) is 0.533. The predicted octanol–water partition coefficient (Wildman–Crippen LogP) is 2.22. The zero-order chi connectivity index (χ0) is 16.8. The van der Waals surface area contributed by atoms with Crippen molar-refractivity contribution in [2.45, 2.75) is 25.6 Å². The van der Waals surface area contributed by atoms with Gasteiger partial charge in [-0.1, -0.05) is 6.92 Å². The Morgan fingerprint density at radius 3 is 2.96 bits per heavy atom. The quantitative estimate of drug-likeness (QED) is 0.513. The molecule has 2 aliphatic rings. The van der Waals surface area contributed by atoms with E-state index in [1.807, 2.05) is 11.8 Å². The highest BCUT2D eigenvalue weighted by Gasteiger charge is 2.53. The molecule has 0 aliphatic carbocycles. The molecule has 0 aromatic heterocycles. The third-order valence-corrected chi connectivity index (χ3v) is 5.12. The topological polar surface area (TPSA) is 76.9 Å². The van der Waals surface area contributed by atoms with Crippen LogP contribution in [0.5, 0.6) is 5.75 Å². The van der Waals surface area contributed by atoms with Crippen LogP contribution in [-0.4, -0.2) is 40.9 Å². The second-order valence-corrected chi connectivity index (χ2v) is 6.38. The summed E-state index contributed by atoms with van der Waals surface area (Å²) in [6, 6.07) is 4.58. The van der Waals surface area contributed by atoms with Crippen molar-refractivity contribution in [1.29, 1.82) is 0 Å². The maximum absolute atomic E-state index is 11.0. The predicted molar refractivity (Wildman–Crippen MR) is 88.4 cm³/mol. The molecular weight excluding hydrogens is 318 g/mol. The number of non-ortho nitro benzene ring substituents is 1. The van der Waals surface area contributed by atoms with Gasteiger partial charge in [-0.3, -0.25) is 10.1 Å². The minimum absolute atomic E-state index is 0.0534. The van der Waals surface area contributed by atoms with E-state index in [1.54, 1.807) is 19.2 Å². The number of rotatable bonds is 4. The fourth-order valence-corrected chi connectivity index (χ4v) is 3.70. The molecule has 23 heavy (non-hydrogen) atoms. The van der Waals surface area contributed by atoms with Crippen molar-refractivity contribution in [3.63, 3.8) is 0 Å². The summed E-state index contributed by atoms with van der Waals surface area (Å²) in [4.78, 5) is 12.6. The molecule has 3 rings (SSSR count). The SMILES string of the molecule is COCCN1C(=S)N[C@@H]2c3cc([N+](=O)[O-])ccc3O[C@@]1(C)[C@@H]2C. The summed E-state index contributed by atoms with van der Waals surface area (Å²) in [7, 11) is 1.64. The Labute approximate surface area is 139 Å². The van der Waals surface area contributed by atoms with E-state index in [0.29, 0.717) is 24.0 Å². The molecule has 0 saturated carbocycles. The summed E-state index contributed by atoms with van der Waals surface area (Å²) in [5.74, 6) is 0.708. The highest BCUT2D eigenvalue weighted by Crippen LogP contribution is 2.48. The van der Waals surface area contributed by atoms with Gasteiger partial charge in [0.25, 0.3) is 5.69 Å². The van der Waals surface area contributed by atoms with E-state index in [-0.39, 0.29) is 17.6 Å². The normalized spacial score (nSPS) is 28.7. The average molecular weight is 337 g/mol. The van der Waals surface area contributed by atoms with Crippen molar-refractivity contribution in [2.24, 2.45) is 5.92 Å². The number of hydrogen-bond acceptors (Lipinski definition) is 5. The van der Waals surface area contributed by atoms with Crippen molar-refractivity contribution in [2.75, 3.05) is 20.3 Å². The Balaban J connectivity index is 2.03. The lowest BCUT2D eigenvalue weighted by Crippen LogP contribution is -2.69. The zero-order valence-electron chi connectivity index (χ0n) is 13.2. The van der Waals surface area contributed by atoms with Crippen molar-refractivity contribution in [3.05, 3.63) is 33.9 Å². The van der Waals surface area contributed by atoms with Gasteiger partial charge in [-0.05, 0) is 25.2 Å². The smallest absolute Gasteiger partial charge is 0.270 e.